The molecule has 0 saturated heterocycles. The minimum absolute atomic E-state index is 0.0145. The summed E-state index contributed by atoms with van der Waals surface area (Å²) in [5.74, 6) is -0.456. The first-order valence-electron chi connectivity index (χ1n) is 5.06. The predicted octanol–water partition coefficient (Wildman–Crippen LogP) is 2.17. The van der Waals surface area contributed by atoms with Crippen molar-refractivity contribution in [2.45, 2.75) is 6.92 Å². The van der Waals surface area contributed by atoms with Crippen molar-refractivity contribution in [2.24, 2.45) is 0 Å². The van der Waals surface area contributed by atoms with Gasteiger partial charge in [0.15, 0.2) is 17.3 Å². The van der Waals surface area contributed by atoms with Crippen LogP contribution in [0.5, 0.6) is 11.6 Å². The quantitative estimate of drug-likeness (QED) is 0.818. The van der Waals surface area contributed by atoms with E-state index in [9.17, 15) is 4.39 Å². The van der Waals surface area contributed by atoms with Crippen molar-refractivity contribution < 1.29 is 9.13 Å². The molecule has 1 heterocycles. The summed E-state index contributed by atoms with van der Waals surface area (Å²) in [6.45, 7) is 1.74. The number of halogens is 1. The molecule has 0 amide bonds. The van der Waals surface area contributed by atoms with Gasteiger partial charge in [-0.2, -0.15) is 5.26 Å². The molecule has 18 heavy (non-hydrogen) atoms. The molecule has 0 saturated carbocycles. The molecular formula is C12H9FN4O. The second-order valence-electron chi connectivity index (χ2n) is 3.59. The summed E-state index contributed by atoms with van der Waals surface area (Å²) in [6.07, 6.45) is 2.50. The van der Waals surface area contributed by atoms with Crippen molar-refractivity contribution >= 4 is 5.69 Å². The Bertz CT molecular complexity index is 619. The zero-order valence-corrected chi connectivity index (χ0v) is 9.51. The first-order chi connectivity index (χ1) is 8.60. The number of nitrogens with two attached hydrogens (primary N) is 1. The highest BCUT2D eigenvalue weighted by atomic mass is 19.1. The van der Waals surface area contributed by atoms with Crippen LogP contribution in [-0.2, 0) is 0 Å². The lowest BCUT2D eigenvalue weighted by atomic mass is 10.2. The normalized spacial score (nSPS) is 9.83. The number of hydrogen-bond donors (Lipinski definition) is 1. The topological polar surface area (TPSA) is 84.8 Å². The van der Waals surface area contributed by atoms with E-state index < -0.39 is 5.82 Å². The largest absolute Gasteiger partial charge is 0.434 e. The molecule has 1 aromatic heterocycles. The van der Waals surface area contributed by atoms with Crippen LogP contribution in [0.1, 0.15) is 11.3 Å². The van der Waals surface area contributed by atoms with E-state index in [0.29, 0.717) is 11.3 Å². The van der Waals surface area contributed by atoms with Crippen molar-refractivity contribution in [2.75, 3.05) is 5.73 Å². The van der Waals surface area contributed by atoms with Crippen LogP contribution in [0.25, 0.3) is 0 Å². The van der Waals surface area contributed by atoms with E-state index >= 15 is 0 Å². The lowest BCUT2D eigenvalue weighted by Gasteiger charge is -2.08. The number of nitriles is 1. The summed E-state index contributed by atoms with van der Waals surface area (Å²) in [4.78, 5) is 7.60. The number of anilines is 1. The van der Waals surface area contributed by atoms with Gasteiger partial charge in [0.2, 0.25) is 5.88 Å². The van der Waals surface area contributed by atoms with Gasteiger partial charge in [-0.1, -0.05) is 0 Å². The van der Waals surface area contributed by atoms with E-state index in [1.807, 2.05) is 6.07 Å². The molecule has 2 rings (SSSR count). The Hall–Kier alpha value is -2.68. The van der Waals surface area contributed by atoms with Crippen LogP contribution in [0.2, 0.25) is 0 Å². The molecule has 0 aliphatic rings. The third-order valence-electron chi connectivity index (χ3n) is 2.28. The molecule has 2 N–H and O–H groups in total. The molecular weight excluding hydrogens is 235 g/mol. The van der Waals surface area contributed by atoms with Crippen LogP contribution in [0.3, 0.4) is 0 Å². The summed E-state index contributed by atoms with van der Waals surface area (Å²) >= 11 is 0. The Morgan fingerprint density at radius 3 is 2.72 bits per heavy atom. The van der Waals surface area contributed by atoms with Gasteiger partial charge in [-0.3, -0.25) is 0 Å². The van der Waals surface area contributed by atoms with E-state index in [1.165, 1.54) is 24.5 Å². The van der Waals surface area contributed by atoms with Gasteiger partial charge in [-0.05, 0) is 18.6 Å². The van der Waals surface area contributed by atoms with Crippen molar-refractivity contribution in [3.63, 3.8) is 0 Å². The average Bonchev–Trinajstić information content (AvgIpc) is 2.37. The number of hydrogen-bond acceptors (Lipinski definition) is 5. The lowest BCUT2D eigenvalue weighted by Crippen LogP contribution is -1.96. The fourth-order valence-electron chi connectivity index (χ4n) is 1.29. The van der Waals surface area contributed by atoms with E-state index in [4.69, 9.17) is 15.7 Å². The number of aryl methyl sites for hydroxylation is 1. The van der Waals surface area contributed by atoms with Crippen LogP contribution < -0.4 is 10.5 Å². The standard InChI is InChI=1S/C12H9FN4O/c1-7-2-11(9(13)3-10(7)15)18-12-6-16-8(4-14)5-17-12/h2-3,5-6H,15H2,1H3. The first-order valence-corrected chi connectivity index (χ1v) is 5.06. The van der Waals surface area contributed by atoms with Crippen LogP contribution >= 0.6 is 0 Å². The third-order valence-corrected chi connectivity index (χ3v) is 2.28. The maximum atomic E-state index is 13.6. The molecule has 0 bridgehead atoms. The molecule has 0 spiro atoms. The van der Waals surface area contributed by atoms with Crippen molar-refractivity contribution in [1.29, 1.82) is 5.26 Å². The maximum Gasteiger partial charge on any atom is 0.238 e. The Morgan fingerprint density at radius 2 is 2.11 bits per heavy atom. The lowest BCUT2D eigenvalue weighted by molar-refractivity contribution is 0.425. The van der Waals surface area contributed by atoms with Crippen molar-refractivity contribution in [3.8, 4) is 17.7 Å². The van der Waals surface area contributed by atoms with E-state index in [0.717, 1.165) is 0 Å². The Morgan fingerprint density at radius 1 is 1.33 bits per heavy atom. The van der Waals surface area contributed by atoms with Crippen LogP contribution in [0.4, 0.5) is 10.1 Å². The van der Waals surface area contributed by atoms with Crippen LogP contribution in [-0.4, -0.2) is 9.97 Å². The zero-order chi connectivity index (χ0) is 13.1. The summed E-state index contributed by atoms with van der Waals surface area (Å²) in [5, 5.41) is 8.56. The molecule has 0 aliphatic heterocycles. The smallest absolute Gasteiger partial charge is 0.238 e. The molecule has 0 aliphatic carbocycles. The molecule has 0 radical (unpaired) electrons. The van der Waals surface area contributed by atoms with Gasteiger partial charge >= 0.3 is 0 Å². The summed E-state index contributed by atoms with van der Waals surface area (Å²) < 4.78 is 18.8. The maximum absolute atomic E-state index is 13.6. The highest BCUT2D eigenvalue weighted by Gasteiger charge is 2.09. The number of benzene rings is 1. The SMILES string of the molecule is Cc1cc(Oc2cnc(C#N)cn2)c(F)cc1N. The van der Waals surface area contributed by atoms with E-state index in [1.54, 1.807) is 6.92 Å². The molecule has 5 nitrogen and oxygen atoms in total. The molecule has 6 heteroatoms. The van der Waals surface area contributed by atoms with Gasteiger partial charge in [0.1, 0.15) is 6.07 Å². The van der Waals surface area contributed by atoms with Gasteiger partial charge in [0, 0.05) is 11.8 Å². The van der Waals surface area contributed by atoms with Crippen molar-refractivity contribution in [1.82, 2.24) is 9.97 Å². The van der Waals surface area contributed by atoms with E-state index in [2.05, 4.69) is 9.97 Å². The third kappa shape index (κ3) is 2.35. The first kappa shape index (κ1) is 11.8. The van der Waals surface area contributed by atoms with Gasteiger partial charge < -0.3 is 10.5 Å². The number of nitrogen functional groups attached to an aromatic ring is 1. The van der Waals surface area contributed by atoms with Gasteiger partial charge in [0.05, 0.1) is 12.4 Å². The number of rotatable bonds is 2. The predicted molar refractivity (Wildman–Crippen MR) is 62.4 cm³/mol. The van der Waals surface area contributed by atoms with Crippen LogP contribution in [0, 0.1) is 24.1 Å². The van der Waals surface area contributed by atoms with Crippen LogP contribution in [0.15, 0.2) is 24.5 Å². The fraction of sp³-hybridized carbons (Fsp3) is 0.0833. The number of nitrogens with zero attached hydrogens (tertiary/aromatic N) is 3. The highest BCUT2D eigenvalue weighted by Crippen LogP contribution is 2.26. The second-order valence-corrected chi connectivity index (χ2v) is 3.59. The Balaban J connectivity index is 2.28. The van der Waals surface area contributed by atoms with Gasteiger partial charge in [-0.25, -0.2) is 14.4 Å². The summed E-state index contributed by atoms with van der Waals surface area (Å²) in [7, 11) is 0. The van der Waals surface area contributed by atoms with Gasteiger partial charge in [-0.15, -0.1) is 0 Å². The van der Waals surface area contributed by atoms with E-state index in [-0.39, 0.29) is 17.3 Å². The number of ether oxygens (including phenoxy) is 1. The fourth-order valence-corrected chi connectivity index (χ4v) is 1.29. The molecule has 1 aromatic carbocycles. The van der Waals surface area contributed by atoms with Crippen molar-refractivity contribution in [3.05, 3.63) is 41.6 Å². The molecule has 90 valence electrons. The summed E-state index contributed by atoms with van der Waals surface area (Å²) in [5.41, 5.74) is 6.78. The molecule has 2 aromatic rings. The summed E-state index contributed by atoms with van der Waals surface area (Å²) in [6, 6.07) is 4.49. The second kappa shape index (κ2) is 4.67. The number of aromatic nitrogens is 2. The highest BCUT2D eigenvalue weighted by molar-refractivity contribution is 5.50. The Labute approximate surface area is 103 Å². The molecule has 0 fully saturated rings. The minimum Gasteiger partial charge on any atom is -0.434 e. The zero-order valence-electron chi connectivity index (χ0n) is 9.51. The van der Waals surface area contributed by atoms with Gasteiger partial charge in [0.25, 0.3) is 0 Å². The Kier molecular flexibility index (Phi) is 3.06. The minimum atomic E-state index is -0.579. The molecule has 0 unspecified atom stereocenters. The molecule has 0 atom stereocenters. The monoisotopic (exact) mass is 244 g/mol. The average molecular weight is 244 g/mol.